The number of aromatic nitrogens is 3. The van der Waals surface area contributed by atoms with E-state index >= 15 is 0 Å². The van der Waals surface area contributed by atoms with Gasteiger partial charge in [-0.05, 0) is 46.9 Å². The summed E-state index contributed by atoms with van der Waals surface area (Å²) in [6.45, 7) is 7.39. The van der Waals surface area contributed by atoms with Gasteiger partial charge in [-0.2, -0.15) is 5.10 Å². The van der Waals surface area contributed by atoms with Crippen LogP contribution >= 0.6 is 0 Å². The zero-order valence-electron chi connectivity index (χ0n) is 22.5. The number of aliphatic hydroxyl groups excluding tert-OH is 1. The van der Waals surface area contributed by atoms with Crippen LogP contribution in [0.5, 0.6) is 5.75 Å². The van der Waals surface area contributed by atoms with Gasteiger partial charge in [0.25, 0.3) is 0 Å². The Bertz CT molecular complexity index is 1380. The normalized spacial score (nSPS) is 13.3. The summed E-state index contributed by atoms with van der Waals surface area (Å²) in [5.41, 5.74) is 7.53. The first-order valence-electron chi connectivity index (χ1n) is 13.4. The van der Waals surface area contributed by atoms with Gasteiger partial charge in [0.05, 0.1) is 25.4 Å². The van der Waals surface area contributed by atoms with E-state index in [1.165, 1.54) is 5.56 Å². The number of hydrogen-bond donors (Lipinski definition) is 2. The predicted molar refractivity (Wildman–Crippen MR) is 151 cm³/mol. The van der Waals surface area contributed by atoms with Crippen molar-refractivity contribution in [3.05, 3.63) is 89.9 Å². The van der Waals surface area contributed by atoms with Gasteiger partial charge in [0.15, 0.2) is 0 Å². The van der Waals surface area contributed by atoms with E-state index in [4.69, 9.17) is 14.9 Å². The molecule has 1 aliphatic heterocycles. The second kappa shape index (κ2) is 12.2. The maximum atomic E-state index is 12.3. The summed E-state index contributed by atoms with van der Waals surface area (Å²) >= 11 is 0. The van der Waals surface area contributed by atoms with Crippen molar-refractivity contribution in [2.75, 3.05) is 26.2 Å². The van der Waals surface area contributed by atoms with Crippen LogP contribution in [0.1, 0.15) is 36.6 Å². The van der Waals surface area contributed by atoms with Crippen LogP contribution in [0.4, 0.5) is 0 Å². The minimum absolute atomic E-state index is 0.0674. The van der Waals surface area contributed by atoms with Gasteiger partial charge in [0, 0.05) is 43.2 Å². The highest BCUT2D eigenvalue weighted by Crippen LogP contribution is 2.37. The quantitative estimate of drug-likeness (QED) is 0.322. The number of amides is 1. The molecule has 2 aromatic heterocycles. The van der Waals surface area contributed by atoms with Crippen LogP contribution in [0.25, 0.3) is 22.4 Å². The number of pyridine rings is 1. The number of aliphatic hydroxyl groups is 1. The molecule has 1 aliphatic rings. The molecule has 0 spiro atoms. The molecule has 1 amide bonds. The van der Waals surface area contributed by atoms with Crippen LogP contribution in [0.2, 0.25) is 0 Å². The van der Waals surface area contributed by atoms with Crippen molar-refractivity contribution < 1.29 is 14.6 Å². The monoisotopic (exact) mass is 525 g/mol. The van der Waals surface area contributed by atoms with Crippen molar-refractivity contribution in [2.24, 2.45) is 0 Å². The molecule has 5 rings (SSSR count). The fourth-order valence-electron chi connectivity index (χ4n) is 4.86. The molecular weight excluding hydrogens is 490 g/mol. The first kappa shape index (κ1) is 26.6. The number of nitrogens with one attached hydrogen (secondary N) is 1. The lowest BCUT2D eigenvalue weighted by atomic mass is 9.98. The van der Waals surface area contributed by atoms with E-state index in [0.29, 0.717) is 25.6 Å². The molecular formula is C31H35N5O3. The van der Waals surface area contributed by atoms with Crippen molar-refractivity contribution in [2.45, 2.75) is 39.5 Å². The molecule has 3 heterocycles. The number of rotatable bonds is 10. The predicted octanol–water partition coefficient (Wildman–Crippen LogP) is 4.24. The molecule has 202 valence electrons. The van der Waals surface area contributed by atoms with E-state index < -0.39 is 0 Å². The second-order valence-electron chi connectivity index (χ2n) is 10.1. The zero-order valence-corrected chi connectivity index (χ0v) is 22.5. The number of benzene rings is 2. The molecule has 39 heavy (non-hydrogen) atoms. The summed E-state index contributed by atoms with van der Waals surface area (Å²) in [7, 11) is 0. The van der Waals surface area contributed by atoms with Crippen LogP contribution in [-0.2, 0) is 24.5 Å². The number of carbonyl (C=O) groups excluding carboxylic acids is 1. The van der Waals surface area contributed by atoms with E-state index in [2.05, 4.69) is 70.1 Å². The van der Waals surface area contributed by atoms with Crippen LogP contribution in [0, 0.1) is 0 Å². The van der Waals surface area contributed by atoms with Crippen molar-refractivity contribution >= 4 is 5.91 Å². The Balaban J connectivity index is 1.37. The van der Waals surface area contributed by atoms with Crippen molar-refractivity contribution in [3.63, 3.8) is 0 Å². The summed E-state index contributed by atoms with van der Waals surface area (Å²) in [5, 5.41) is 16.7. The molecule has 8 heteroatoms. The van der Waals surface area contributed by atoms with Gasteiger partial charge in [0.2, 0.25) is 5.91 Å². The SMILES string of the molecule is CC(C)c1ccc(COc2ccc(-c3c(-c4ccncc4)nn4c3CN(CC(=O)NCCO)CC4)cc2)cc1. The molecule has 0 saturated carbocycles. The Morgan fingerprint density at radius 2 is 1.74 bits per heavy atom. The number of fused-ring (bicyclic) bond motifs is 1. The van der Waals surface area contributed by atoms with Gasteiger partial charge in [-0.25, -0.2) is 0 Å². The van der Waals surface area contributed by atoms with E-state index in [1.54, 1.807) is 12.4 Å². The maximum Gasteiger partial charge on any atom is 0.234 e. The fraction of sp³-hybridized carbons (Fsp3) is 0.323. The van der Waals surface area contributed by atoms with Crippen LogP contribution in [0.15, 0.2) is 73.1 Å². The maximum absolute atomic E-state index is 12.3. The summed E-state index contributed by atoms with van der Waals surface area (Å²) in [4.78, 5) is 18.6. The smallest absolute Gasteiger partial charge is 0.234 e. The first-order valence-corrected chi connectivity index (χ1v) is 13.4. The molecule has 0 aliphatic carbocycles. The van der Waals surface area contributed by atoms with Gasteiger partial charge < -0.3 is 15.2 Å². The van der Waals surface area contributed by atoms with Gasteiger partial charge in [-0.1, -0.05) is 50.2 Å². The standard InChI is InChI=1S/C31H35N5O3/c1-22(2)24-5-3-23(4-6-24)21-39-27-9-7-25(8-10-27)30-28-19-35(20-29(38)33-15-18-37)16-17-36(28)34-31(30)26-11-13-32-14-12-26/h3-14,22,37H,15-21H2,1-2H3,(H,33,38). The number of carbonyl (C=O) groups is 1. The second-order valence-corrected chi connectivity index (χ2v) is 10.1. The Kier molecular flexibility index (Phi) is 8.34. The van der Waals surface area contributed by atoms with E-state index in [0.717, 1.165) is 45.9 Å². The summed E-state index contributed by atoms with van der Waals surface area (Å²) in [5.74, 6) is 1.23. The van der Waals surface area contributed by atoms with E-state index in [-0.39, 0.29) is 25.6 Å². The Morgan fingerprint density at radius 1 is 1.00 bits per heavy atom. The van der Waals surface area contributed by atoms with Crippen LogP contribution < -0.4 is 10.1 Å². The minimum atomic E-state index is -0.0896. The summed E-state index contributed by atoms with van der Waals surface area (Å²) < 4.78 is 8.14. The molecule has 4 aromatic rings. The highest BCUT2D eigenvalue weighted by Gasteiger charge is 2.26. The highest BCUT2D eigenvalue weighted by molar-refractivity contribution is 5.83. The third-order valence-electron chi connectivity index (χ3n) is 7.01. The lowest BCUT2D eigenvalue weighted by Crippen LogP contribution is -2.42. The molecule has 0 radical (unpaired) electrons. The number of nitrogens with zero attached hydrogens (tertiary/aromatic N) is 4. The van der Waals surface area contributed by atoms with Gasteiger partial charge >= 0.3 is 0 Å². The zero-order chi connectivity index (χ0) is 27.2. The van der Waals surface area contributed by atoms with Crippen molar-refractivity contribution in [3.8, 4) is 28.1 Å². The molecule has 0 fully saturated rings. The van der Waals surface area contributed by atoms with Crippen molar-refractivity contribution in [1.29, 1.82) is 0 Å². The van der Waals surface area contributed by atoms with Crippen LogP contribution in [0.3, 0.4) is 0 Å². The van der Waals surface area contributed by atoms with Crippen molar-refractivity contribution in [1.82, 2.24) is 25.0 Å². The molecule has 8 nitrogen and oxygen atoms in total. The molecule has 0 saturated heterocycles. The van der Waals surface area contributed by atoms with E-state index in [1.807, 2.05) is 24.3 Å². The average Bonchev–Trinajstić information content (AvgIpc) is 3.35. The summed E-state index contributed by atoms with van der Waals surface area (Å²) in [6, 6.07) is 20.7. The molecule has 2 aromatic carbocycles. The number of hydrogen-bond acceptors (Lipinski definition) is 6. The van der Waals surface area contributed by atoms with Gasteiger partial charge in [0.1, 0.15) is 18.1 Å². The topological polar surface area (TPSA) is 92.5 Å². The Morgan fingerprint density at radius 3 is 2.44 bits per heavy atom. The molecule has 0 unspecified atom stereocenters. The molecule has 0 bridgehead atoms. The van der Waals surface area contributed by atoms with Gasteiger partial charge in [-0.3, -0.25) is 19.4 Å². The lowest BCUT2D eigenvalue weighted by molar-refractivity contribution is -0.122. The highest BCUT2D eigenvalue weighted by atomic mass is 16.5. The average molecular weight is 526 g/mol. The third kappa shape index (κ3) is 6.35. The molecule has 0 atom stereocenters. The largest absolute Gasteiger partial charge is 0.489 e. The third-order valence-corrected chi connectivity index (χ3v) is 7.01. The summed E-state index contributed by atoms with van der Waals surface area (Å²) in [6.07, 6.45) is 3.56. The molecule has 2 N–H and O–H groups in total. The van der Waals surface area contributed by atoms with E-state index in [9.17, 15) is 4.79 Å². The van der Waals surface area contributed by atoms with Crippen LogP contribution in [-0.4, -0.2) is 56.9 Å². The minimum Gasteiger partial charge on any atom is -0.489 e. The Hall–Kier alpha value is -4.01. The lowest BCUT2D eigenvalue weighted by Gasteiger charge is -2.27. The fourth-order valence-corrected chi connectivity index (χ4v) is 4.86. The Labute approximate surface area is 229 Å². The first-order chi connectivity index (χ1) is 19.0. The van der Waals surface area contributed by atoms with Gasteiger partial charge in [-0.15, -0.1) is 0 Å². The number of ether oxygens (including phenoxy) is 1.